The van der Waals surface area contributed by atoms with Crippen LogP contribution in [0.2, 0.25) is 0 Å². The number of amides is 2. The summed E-state index contributed by atoms with van der Waals surface area (Å²) < 4.78 is 22.5. The van der Waals surface area contributed by atoms with Crippen LogP contribution in [0.15, 0.2) is 64.1 Å². The fourth-order valence-corrected chi connectivity index (χ4v) is 5.28. The number of pyridine rings is 2. The number of benzene rings is 1. The van der Waals surface area contributed by atoms with Gasteiger partial charge in [-0.2, -0.15) is 5.10 Å². The summed E-state index contributed by atoms with van der Waals surface area (Å²) in [5.41, 5.74) is 3.98. The maximum atomic E-state index is 13.2. The molecule has 11 heteroatoms. The van der Waals surface area contributed by atoms with Gasteiger partial charge in [0.25, 0.3) is 0 Å². The quantitative estimate of drug-likeness (QED) is 0.389. The zero-order valence-electron chi connectivity index (χ0n) is 20.2. The highest BCUT2D eigenvalue weighted by Crippen LogP contribution is 2.35. The number of carbonyl (C=O) groups is 1. The van der Waals surface area contributed by atoms with Crippen molar-refractivity contribution in [1.29, 1.82) is 0 Å². The summed E-state index contributed by atoms with van der Waals surface area (Å²) in [5.74, 6) is 0.808. The molecule has 1 aromatic carbocycles. The normalized spacial score (nSPS) is 15.1. The van der Waals surface area contributed by atoms with Crippen LogP contribution in [-0.4, -0.2) is 63.3 Å². The van der Waals surface area contributed by atoms with Crippen molar-refractivity contribution in [2.75, 3.05) is 37.7 Å². The zero-order valence-corrected chi connectivity index (χ0v) is 21.0. The molecule has 0 radical (unpaired) electrons. The highest BCUT2D eigenvalue weighted by atomic mass is 32.2. The molecule has 1 atom stereocenters. The minimum Gasteiger partial charge on any atom is -0.378 e. The number of carbonyl (C=O) groups excluding carboxylic acids is 1. The second kappa shape index (κ2) is 10.4. The Morgan fingerprint density at radius 2 is 2.00 bits per heavy atom. The van der Waals surface area contributed by atoms with Crippen LogP contribution in [0.25, 0.3) is 33.4 Å². The maximum Gasteiger partial charge on any atom is 0.350 e. The third-order valence-corrected chi connectivity index (χ3v) is 7.64. The molecule has 4 aromatic rings. The average molecular weight is 516 g/mol. The van der Waals surface area contributed by atoms with Crippen molar-refractivity contribution in [3.63, 3.8) is 0 Å². The number of aromatic nitrogens is 4. The Morgan fingerprint density at radius 1 is 1.22 bits per heavy atom. The highest BCUT2D eigenvalue weighted by Gasteiger charge is 2.19. The van der Waals surface area contributed by atoms with E-state index in [1.54, 1.807) is 31.5 Å². The van der Waals surface area contributed by atoms with E-state index in [9.17, 15) is 9.00 Å². The van der Waals surface area contributed by atoms with Crippen LogP contribution in [0.1, 0.15) is 6.92 Å². The van der Waals surface area contributed by atoms with Crippen LogP contribution in [0.5, 0.6) is 0 Å². The molecule has 0 bridgehead atoms. The summed E-state index contributed by atoms with van der Waals surface area (Å²) in [5, 5.41) is 12.7. The SMILES string of the molecule is C#CS(=O)(=NC(=O)NCC)c1ccc(-c2cc(N3CCOCC3)nc3c(-c4ccn[nH]4)nccc23)cc1. The molecule has 188 valence electrons. The van der Waals surface area contributed by atoms with Gasteiger partial charge < -0.3 is 15.0 Å². The first-order valence-corrected chi connectivity index (χ1v) is 13.3. The molecular formula is C26H25N7O3S. The highest BCUT2D eigenvalue weighted by molar-refractivity contribution is 7.98. The number of aromatic amines is 1. The summed E-state index contributed by atoms with van der Waals surface area (Å²) in [4.78, 5) is 24.0. The van der Waals surface area contributed by atoms with E-state index >= 15 is 0 Å². The van der Waals surface area contributed by atoms with Crippen molar-refractivity contribution in [2.24, 2.45) is 4.36 Å². The minimum atomic E-state index is -3.34. The first-order valence-electron chi connectivity index (χ1n) is 11.8. The summed E-state index contributed by atoms with van der Waals surface area (Å²) in [6, 6.07) is 12.1. The molecule has 5 rings (SSSR count). The Bertz CT molecular complexity index is 1600. The zero-order chi connectivity index (χ0) is 25.8. The molecule has 0 aliphatic carbocycles. The Kier molecular flexibility index (Phi) is 6.85. The summed E-state index contributed by atoms with van der Waals surface area (Å²) in [7, 11) is -3.34. The largest absolute Gasteiger partial charge is 0.378 e. The van der Waals surface area contributed by atoms with Crippen molar-refractivity contribution >= 4 is 32.5 Å². The Balaban J connectivity index is 1.65. The number of hydrogen-bond acceptors (Lipinski definition) is 7. The second-order valence-electron chi connectivity index (χ2n) is 8.25. The van der Waals surface area contributed by atoms with Crippen LogP contribution < -0.4 is 10.2 Å². The van der Waals surface area contributed by atoms with Crippen LogP contribution in [0, 0.1) is 11.7 Å². The van der Waals surface area contributed by atoms with E-state index in [0.717, 1.165) is 46.6 Å². The van der Waals surface area contributed by atoms with Crippen molar-refractivity contribution in [2.45, 2.75) is 11.8 Å². The van der Waals surface area contributed by atoms with Gasteiger partial charge in [0.2, 0.25) is 0 Å². The number of anilines is 1. The van der Waals surface area contributed by atoms with E-state index in [4.69, 9.17) is 16.1 Å². The van der Waals surface area contributed by atoms with Gasteiger partial charge in [-0.05, 0) is 48.4 Å². The van der Waals surface area contributed by atoms with Gasteiger partial charge in [0, 0.05) is 42.7 Å². The molecule has 2 amide bonds. The molecular weight excluding hydrogens is 490 g/mol. The first kappa shape index (κ1) is 24.4. The lowest BCUT2D eigenvalue weighted by molar-refractivity contribution is 0.122. The van der Waals surface area contributed by atoms with Crippen molar-refractivity contribution in [1.82, 2.24) is 25.5 Å². The number of rotatable bonds is 5. The average Bonchev–Trinajstić information content (AvgIpc) is 3.48. The third kappa shape index (κ3) is 4.89. The number of nitrogens with zero attached hydrogens (tertiary/aromatic N) is 5. The van der Waals surface area contributed by atoms with Crippen molar-refractivity contribution < 1.29 is 13.7 Å². The van der Waals surface area contributed by atoms with Crippen molar-refractivity contribution in [3.05, 3.63) is 54.9 Å². The van der Waals surface area contributed by atoms with Gasteiger partial charge in [0.15, 0.2) is 9.73 Å². The monoisotopic (exact) mass is 515 g/mol. The van der Waals surface area contributed by atoms with Crippen LogP contribution in [0.3, 0.4) is 0 Å². The van der Waals surface area contributed by atoms with E-state index in [0.29, 0.717) is 25.5 Å². The minimum absolute atomic E-state index is 0.289. The lowest BCUT2D eigenvalue weighted by Crippen LogP contribution is -2.36. The lowest BCUT2D eigenvalue weighted by atomic mass is 10.00. The fraction of sp³-hybridized carbons (Fsp3) is 0.231. The molecule has 4 heterocycles. The number of hydrogen-bond donors (Lipinski definition) is 2. The van der Waals surface area contributed by atoms with Crippen molar-refractivity contribution in [3.8, 4) is 34.2 Å². The number of ether oxygens (including phenoxy) is 1. The lowest BCUT2D eigenvalue weighted by Gasteiger charge is -2.28. The smallest absolute Gasteiger partial charge is 0.350 e. The topological polar surface area (TPSA) is 125 Å². The Hall–Kier alpha value is -4.27. The fourth-order valence-electron chi connectivity index (χ4n) is 4.18. The van der Waals surface area contributed by atoms with Gasteiger partial charge in [-0.25, -0.2) is 14.0 Å². The molecule has 1 fully saturated rings. The van der Waals surface area contributed by atoms with Crippen LogP contribution >= 0.6 is 0 Å². The number of H-pyrrole nitrogens is 1. The molecule has 0 saturated carbocycles. The predicted octanol–water partition coefficient (Wildman–Crippen LogP) is 3.67. The summed E-state index contributed by atoms with van der Waals surface area (Å²) in [6.07, 6.45) is 8.95. The number of urea groups is 1. The molecule has 1 aliphatic rings. The van der Waals surface area contributed by atoms with Gasteiger partial charge in [-0.3, -0.25) is 10.1 Å². The van der Waals surface area contributed by atoms with E-state index in [1.807, 2.05) is 30.3 Å². The van der Waals surface area contributed by atoms with Gasteiger partial charge >= 0.3 is 6.03 Å². The standard InChI is InChI=1S/C26H25N7O3S/c1-3-27-26(34)32-37(35,4-2)19-7-5-18(6-8-19)21-17-23(33-13-15-36-16-14-33)30-24-20(21)9-11-28-25(24)22-10-12-29-31-22/h2,5-12,17H,3,13-16H2,1H3,(H,27,34)(H,29,31). The number of morpholine rings is 1. The predicted molar refractivity (Wildman–Crippen MR) is 142 cm³/mol. The van der Waals surface area contributed by atoms with Gasteiger partial charge in [0.1, 0.15) is 17.0 Å². The molecule has 1 saturated heterocycles. The van der Waals surface area contributed by atoms with E-state index < -0.39 is 15.8 Å². The summed E-state index contributed by atoms with van der Waals surface area (Å²) in [6.45, 7) is 4.80. The number of terminal acetylenes is 1. The van der Waals surface area contributed by atoms with E-state index in [-0.39, 0.29) is 4.90 Å². The Morgan fingerprint density at radius 3 is 2.68 bits per heavy atom. The number of fused-ring (bicyclic) bond motifs is 1. The summed E-state index contributed by atoms with van der Waals surface area (Å²) >= 11 is 0. The molecule has 37 heavy (non-hydrogen) atoms. The van der Waals surface area contributed by atoms with Crippen LogP contribution in [0.4, 0.5) is 10.6 Å². The first-order chi connectivity index (χ1) is 18.0. The second-order valence-corrected chi connectivity index (χ2v) is 10.2. The molecule has 1 aliphatic heterocycles. The molecule has 0 spiro atoms. The maximum absolute atomic E-state index is 13.2. The van der Waals surface area contributed by atoms with Gasteiger partial charge in [-0.1, -0.05) is 12.1 Å². The van der Waals surface area contributed by atoms with Gasteiger partial charge in [0.05, 0.1) is 23.8 Å². The molecule has 10 nitrogen and oxygen atoms in total. The molecule has 3 aromatic heterocycles. The van der Waals surface area contributed by atoms with Gasteiger partial charge in [-0.15, -0.1) is 10.8 Å². The van der Waals surface area contributed by atoms with Crippen LogP contribution in [-0.2, 0) is 14.5 Å². The Labute approximate surface area is 214 Å². The molecule has 2 N–H and O–H groups in total. The van der Waals surface area contributed by atoms with E-state index in [1.165, 1.54) is 0 Å². The molecule has 1 unspecified atom stereocenters. The third-order valence-electron chi connectivity index (χ3n) is 5.99. The number of nitrogens with one attached hydrogen (secondary N) is 2. The van der Waals surface area contributed by atoms with E-state index in [2.05, 4.69) is 35.0 Å².